The highest BCUT2D eigenvalue weighted by molar-refractivity contribution is 9.09. The summed E-state index contributed by atoms with van der Waals surface area (Å²) in [5.41, 5.74) is 0.715. The zero-order chi connectivity index (χ0) is 14.4. The fourth-order valence-corrected chi connectivity index (χ4v) is 2.26. The lowest BCUT2D eigenvalue weighted by molar-refractivity contribution is -0.119. The molecule has 1 amide bonds. The highest BCUT2D eigenvalue weighted by Gasteiger charge is 2.23. The van der Waals surface area contributed by atoms with E-state index in [4.69, 9.17) is 9.47 Å². The normalized spacial score (nSPS) is 19.8. The lowest BCUT2D eigenvalue weighted by Gasteiger charge is -2.22. The molecule has 1 aliphatic heterocycles. The number of hydrogen-bond donors (Lipinski definition) is 1. The predicted molar refractivity (Wildman–Crippen MR) is 76.3 cm³/mol. The summed E-state index contributed by atoms with van der Waals surface area (Å²) < 4.78 is 24.5. The lowest BCUT2D eigenvalue weighted by atomic mass is 10.1. The molecule has 0 saturated carbocycles. The number of benzene rings is 1. The Balaban J connectivity index is 2.03. The van der Waals surface area contributed by atoms with Crippen LogP contribution in [-0.4, -0.2) is 37.1 Å². The van der Waals surface area contributed by atoms with Crippen LogP contribution in [0, 0.1) is 5.82 Å². The highest BCUT2D eigenvalue weighted by atomic mass is 79.9. The van der Waals surface area contributed by atoms with Crippen LogP contribution in [0.5, 0.6) is 0 Å². The summed E-state index contributed by atoms with van der Waals surface area (Å²) >= 11 is 3.09. The molecule has 0 spiro atoms. The Morgan fingerprint density at radius 2 is 2.45 bits per heavy atom. The van der Waals surface area contributed by atoms with E-state index < -0.39 is 0 Å². The van der Waals surface area contributed by atoms with Crippen molar-refractivity contribution in [1.82, 2.24) is 5.32 Å². The topological polar surface area (TPSA) is 47.6 Å². The summed E-state index contributed by atoms with van der Waals surface area (Å²) in [5, 5.41) is 2.98. The van der Waals surface area contributed by atoms with E-state index in [0.717, 1.165) is 6.42 Å². The van der Waals surface area contributed by atoms with Crippen LogP contribution in [-0.2, 0) is 14.3 Å². The quantitative estimate of drug-likeness (QED) is 0.804. The first-order valence-electron chi connectivity index (χ1n) is 6.50. The van der Waals surface area contributed by atoms with Crippen LogP contribution in [0.25, 0.3) is 0 Å². The van der Waals surface area contributed by atoms with Gasteiger partial charge >= 0.3 is 0 Å². The number of ether oxygens (including phenoxy) is 2. The van der Waals surface area contributed by atoms with Gasteiger partial charge in [0.05, 0.1) is 18.0 Å². The molecule has 1 saturated heterocycles. The Bertz CT molecular complexity index is 452. The minimum atomic E-state index is -0.375. The van der Waals surface area contributed by atoms with Gasteiger partial charge in [-0.25, -0.2) is 4.39 Å². The average Bonchev–Trinajstić information content (AvgIpc) is 2.96. The van der Waals surface area contributed by atoms with Crippen LogP contribution in [0.1, 0.15) is 18.1 Å². The Morgan fingerprint density at radius 3 is 3.10 bits per heavy atom. The van der Waals surface area contributed by atoms with Gasteiger partial charge in [0, 0.05) is 13.2 Å². The molecule has 1 aromatic carbocycles. The molecule has 0 aliphatic carbocycles. The van der Waals surface area contributed by atoms with E-state index in [1.807, 2.05) is 0 Å². The standard InChI is InChI=1S/C14H17BrFNO3/c15-7-14(18)17-8-13(20-12-4-5-19-9-12)10-2-1-3-11(16)6-10/h1-3,6,12-13H,4-5,7-9H2,(H,17,18)/t12-,13-/m0/s1. The number of hydrogen-bond acceptors (Lipinski definition) is 3. The van der Waals surface area contributed by atoms with Gasteiger partial charge in [-0.15, -0.1) is 0 Å². The number of alkyl halides is 1. The van der Waals surface area contributed by atoms with Gasteiger partial charge in [-0.05, 0) is 24.1 Å². The van der Waals surface area contributed by atoms with E-state index in [2.05, 4.69) is 21.2 Å². The van der Waals surface area contributed by atoms with Crippen molar-refractivity contribution in [1.29, 1.82) is 0 Å². The van der Waals surface area contributed by atoms with Crippen molar-refractivity contribution in [2.24, 2.45) is 0 Å². The van der Waals surface area contributed by atoms with Gasteiger partial charge in [0.25, 0.3) is 0 Å². The molecule has 2 atom stereocenters. The summed E-state index contributed by atoms with van der Waals surface area (Å²) in [6.07, 6.45) is 0.433. The van der Waals surface area contributed by atoms with Crippen molar-refractivity contribution in [2.75, 3.05) is 25.1 Å². The molecule has 0 unspecified atom stereocenters. The fraction of sp³-hybridized carbons (Fsp3) is 0.500. The molecule has 2 rings (SSSR count). The molecule has 20 heavy (non-hydrogen) atoms. The maximum absolute atomic E-state index is 13.3. The third-order valence-electron chi connectivity index (χ3n) is 3.07. The highest BCUT2D eigenvalue weighted by Crippen LogP contribution is 2.22. The Hall–Kier alpha value is -0.980. The summed E-state index contributed by atoms with van der Waals surface area (Å²) in [7, 11) is 0. The van der Waals surface area contributed by atoms with Crippen molar-refractivity contribution < 1.29 is 18.7 Å². The van der Waals surface area contributed by atoms with Gasteiger partial charge in [0.1, 0.15) is 11.9 Å². The van der Waals surface area contributed by atoms with Crippen LogP contribution in [0.4, 0.5) is 4.39 Å². The van der Waals surface area contributed by atoms with Gasteiger partial charge in [0.15, 0.2) is 0 Å². The minimum Gasteiger partial charge on any atom is -0.379 e. The molecule has 0 radical (unpaired) electrons. The molecular formula is C14H17BrFNO3. The summed E-state index contributed by atoms with van der Waals surface area (Å²) in [6.45, 7) is 1.52. The average molecular weight is 346 g/mol. The van der Waals surface area contributed by atoms with Crippen molar-refractivity contribution in [3.8, 4) is 0 Å². The fourth-order valence-electron chi connectivity index (χ4n) is 2.06. The lowest BCUT2D eigenvalue weighted by Crippen LogP contribution is -2.32. The summed E-state index contributed by atoms with van der Waals surface area (Å²) in [6, 6.07) is 6.25. The maximum Gasteiger partial charge on any atom is 0.230 e. The molecule has 110 valence electrons. The number of carbonyl (C=O) groups excluding carboxylic acids is 1. The molecule has 1 aromatic rings. The molecule has 4 nitrogen and oxygen atoms in total. The third-order valence-corrected chi connectivity index (χ3v) is 3.58. The zero-order valence-electron chi connectivity index (χ0n) is 11.0. The minimum absolute atomic E-state index is 0.0101. The molecule has 6 heteroatoms. The predicted octanol–water partition coefficient (Wildman–Crippen LogP) is 2.18. The third kappa shape index (κ3) is 4.54. The second-order valence-electron chi connectivity index (χ2n) is 4.60. The molecule has 1 fully saturated rings. The molecule has 1 N–H and O–H groups in total. The number of nitrogens with one attached hydrogen (secondary N) is 1. The van der Waals surface area contributed by atoms with Gasteiger partial charge in [-0.2, -0.15) is 0 Å². The smallest absolute Gasteiger partial charge is 0.230 e. The van der Waals surface area contributed by atoms with Crippen molar-refractivity contribution in [2.45, 2.75) is 18.6 Å². The second kappa shape index (κ2) is 7.71. The second-order valence-corrected chi connectivity index (χ2v) is 5.16. The van der Waals surface area contributed by atoms with E-state index in [9.17, 15) is 9.18 Å². The Kier molecular flexibility index (Phi) is 5.94. The first-order chi connectivity index (χ1) is 9.69. The first-order valence-corrected chi connectivity index (χ1v) is 7.62. The van der Waals surface area contributed by atoms with Crippen LogP contribution in [0.3, 0.4) is 0 Å². The Labute approximate surface area is 125 Å². The molecule has 0 bridgehead atoms. The van der Waals surface area contributed by atoms with Crippen molar-refractivity contribution in [3.63, 3.8) is 0 Å². The van der Waals surface area contributed by atoms with Crippen molar-refractivity contribution >= 4 is 21.8 Å². The number of carbonyl (C=O) groups is 1. The molecule has 1 aliphatic rings. The van der Waals surface area contributed by atoms with Crippen LogP contribution in [0.15, 0.2) is 24.3 Å². The molecular weight excluding hydrogens is 329 g/mol. The number of rotatable bonds is 6. The molecule has 0 aromatic heterocycles. The van der Waals surface area contributed by atoms with E-state index in [0.29, 0.717) is 25.3 Å². The van der Waals surface area contributed by atoms with E-state index in [1.54, 1.807) is 12.1 Å². The van der Waals surface area contributed by atoms with Crippen LogP contribution >= 0.6 is 15.9 Å². The van der Waals surface area contributed by atoms with Gasteiger partial charge in [0.2, 0.25) is 5.91 Å². The van der Waals surface area contributed by atoms with Gasteiger partial charge in [-0.1, -0.05) is 28.1 Å². The number of halogens is 2. The van der Waals surface area contributed by atoms with E-state index >= 15 is 0 Å². The number of amides is 1. The largest absolute Gasteiger partial charge is 0.379 e. The van der Waals surface area contributed by atoms with Gasteiger partial charge in [-0.3, -0.25) is 4.79 Å². The maximum atomic E-state index is 13.3. The SMILES string of the molecule is O=C(CBr)NC[C@H](O[C@H]1CCOC1)c1cccc(F)c1. The summed E-state index contributed by atoms with van der Waals surface area (Å²) in [4.78, 5) is 11.3. The summed E-state index contributed by atoms with van der Waals surface area (Å²) in [5.74, 6) is -0.441. The van der Waals surface area contributed by atoms with E-state index in [1.165, 1.54) is 12.1 Å². The van der Waals surface area contributed by atoms with Gasteiger partial charge < -0.3 is 14.8 Å². The zero-order valence-corrected chi connectivity index (χ0v) is 12.6. The molecule has 1 heterocycles. The van der Waals surface area contributed by atoms with E-state index in [-0.39, 0.29) is 29.3 Å². The first kappa shape index (κ1) is 15.4. The monoisotopic (exact) mass is 345 g/mol. The van der Waals surface area contributed by atoms with Crippen LogP contribution in [0.2, 0.25) is 0 Å². The Morgan fingerprint density at radius 1 is 1.60 bits per heavy atom. The van der Waals surface area contributed by atoms with Crippen molar-refractivity contribution in [3.05, 3.63) is 35.6 Å². The van der Waals surface area contributed by atoms with Crippen LogP contribution < -0.4 is 5.32 Å².